The molecule has 0 spiro atoms. The largest absolute Gasteiger partial charge is 0.491 e. The lowest BCUT2D eigenvalue weighted by Crippen LogP contribution is -2.24. The zero-order valence-electron chi connectivity index (χ0n) is 12.0. The average Bonchev–Trinajstić information content (AvgIpc) is 2.53. The topological polar surface area (TPSA) is 46.5 Å². The molecular weight excluding hydrogens is 276 g/mol. The van der Waals surface area contributed by atoms with Gasteiger partial charge in [-0.2, -0.15) is 0 Å². The minimum absolute atomic E-state index is 0.153. The van der Waals surface area contributed by atoms with Crippen LogP contribution in [0.4, 0.5) is 0 Å². The van der Waals surface area contributed by atoms with Gasteiger partial charge >= 0.3 is 0 Å². The summed E-state index contributed by atoms with van der Waals surface area (Å²) in [5.41, 5.74) is 1.85. The highest BCUT2D eigenvalue weighted by atomic mass is 35.5. The van der Waals surface area contributed by atoms with Crippen LogP contribution in [0.15, 0.2) is 18.2 Å². The van der Waals surface area contributed by atoms with Crippen molar-refractivity contribution in [2.45, 2.75) is 39.2 Å². The van der Waals surface area contributed by atoms with Gasteiger partial charge in [0, 0.05) is 11.8 Å². The Balaban J connectivity index is 2.22. The van der Waals surface area contributed by atoms with Gasteiger partial charge in [-0.3, -0.25) is 4.79 Å². The number of halogens is 1. The molecule has 0 fully saturated rings. The number of hydrogen-bond acceptors (Lipinski definition) is 3. The number of fused-ring (bicyclic) bond motifs is 1. The van der Waals surface area contributed by atoms with Gasteiger partial charge in [0.2, 0.25) is 0 Å². The maximum Gasteiger partial charge on any atom is 0.142 e. The van der Waals surface area contributed by atoms with E-state index in [4.69, 9.17) is 16.3 Å². The van der Waals surface area contributed by atoms with Crippen molar-refractivity contribution in [3.63, 3.8) is 0 Å². The standard InChI is InChI=1S/C16H21ClO3/c1-16(2)7-6-13-11(8-15(16)19)4-3-5-14(13)20-10-12(18)9-17/h3-5,12,18H,6-10H2,1-2H3. The third-order valence-electron chi connectivity index (χ3n) is 3.95. The third kappa shape index (κ3) is 3.33. The number of ketones is 1. The first-order valence-electron chi connectivity index (χ1n) is 6.95. The molecule has 0 saturated heterocycles. The molecule has 0 aliphatic heterocycles. The lowest BCUT2D eigenvalue weighted by atomic mass is 9.83. The van der Waals surface area contributed by atoms with Gasteiger partial charge in [-0.05, 0) is 30.0 Å². The molecule has 0 amide bonds. The van der Waals surface area contributed by atoms with E-state index in [2.05, 4.69) is 0 Å². The Hall–Kier alpha value is -1.06. The van der Waals surface area contributed by atoms with E-state index in [0.29, 0.717) is 6.42 Å². The predicted octanol–water partition coefficient (Wildman–Crippen LogP) is 2.75. The van der Waals surface area contributed by atoms with Crippen molar-refractivity contribution in [1.82, 2.24) is 0 Å². The van der Waals surface area contributed by atoms with Crippen LogP contribution >= 0.6 is 11.6 Å². The highest BCUT2D eigenvalue weighted by Gasteiger charge is 2.31. The number of hydrogen-bond donors (Lipinski definition) is 1. The lowest BCUT2D eigenvalue weighted by Gasteiger charge is -2.19. The molecule has 1 aliphatic rings. The van der Waals surface area contributed by atoms with E-state index in [1.165, 1.54) is 0 Å². The van der Waals surface area contributed by atoms with Gasteiger partial charge in [0.1, 0.15) is 24.2 Å². The van der Waals surface area contributed by atoms with Crippen LogP contribution in [-0.2, 0) is 17.6 Å². The molecule has 0 radical (unpaired) electrons. The van der Waals surface area contributed by atoms with Crippen LogP contribution in [0.3, 0.4) is 0 Å². The van der Waals surface area contributed by atoms with Crippen LogP contribution in [0, 0.1) is 5.41 Å². The van der Waals surface area contributed by atoms with Gasteiger partial charge in [-0.1, -0.05) is 26.0 Å². The van der Waals surface area contributed by atoms with Crippen LogP contribution in [0.5, 0.6) is 5.75 Å². The number of benzene rings is 1. The fraction of sp³-hybridized carbons (Fsp3) is 0.562. The monoisotopic (exact) mass is 296 g/mol. The van der Waals surface area contributed by atoms with E-state index < -0.39 is 6.10 Å². The molecule has 1 aromatic carbocycles. The molecule has 20 heavy (non-hydrogen) atoms. The molecule has 4 heteroatoms. The number of aliphatic hydroxyl groups excluding tert-OH is 1. The summed E-state index contributed by atoms with van der Waals surface area (Å²) < 4.78 is 5.67. The molecule has 0 bridgehead atoms. The summed E-state index contributed by atoms with van der Waals surface area (Å²) in [6.07, 6.45) is 1.42. The van der Waals surface area contributed by atoms with Gasteiger partial charge in [0.25, 0.3) is 0 Å². The van der Waals surface area contributed by atoms with Crippen LogP contribution in [0.25, 0.3) is 0 Å². The molecule has 2 rings (SSSR count). The SMILES string of the molecule is CC1(C)CCc2c(cccc2OCC(O)CCl)CC1=O. The molecule has 0 aromatic heterocycles. The average molecular weight is 297 g/mol. The Bertz CT molecular complexity index is 496. The van der Waals surface area contributed by atoms with E-state index in [9.17, 15) is 9.90 Å². The lowest BCUT2D eigenvalue weighted by molar-refractivity contribution is -0.126. The van der Waals surface area contributed by atoms with E-state index in [1.54, 1.807) is 0 Å². The van der Waals surface area contributed by atoms with Crippen molar-refractivity contribution >= 4 is 17.4 Å². The third-order valence-corrected chi connectivity index (χ3v) is 4.30. The second kappa shape index (κ2) is 6.15. The molecule has 3 nitrogen and oxygen atoms in total. The second-order valence-electron chi connectivity index (χ2n) is 6.00. The van der Waals surface area contributed by atoms with E-state index in [-0.39, 0.29) is 23.7 Å². The zero-order chi connectivity index (χ0) is 14.8. The summed E-state index contributed by atoms with van der Waals surface area (Å²) in [6.45, 7) is 4.18. The fourth-order valence-electron chi connectivity index (χ4n) is 2.42. The second-order valence-corrected chi connectivity index (χ2v) is 6.31. The number of alkyl halides is 1. The summed E-state index contributed by atoms with van der Waals surface area (Å²) in [5, 5.41) is 9.49. The Morgan fingerprint density at radius 1 is 1.45 bits per heavy atom. The highest BCUT2D eigenvalue weighted by Crippen LogP contribution is 2.35. The summed E-state index contributed by atoms with van der Waals surface area (Å²) in [6, 6.07) is 5.77. The number of aliphatic hydroxyl groups is 1. The zero-order valence-corrected chi connectivity index (χ0v) is 12.7. The van der Waals surface area contributed by atoms with Gasteiger partial charge in [-0.25, -0.2) is 0 Å². The number of carbonyl (C=O) groups excluding carboxylic acids is 1. The Kier molecular flexibility index (Phi) is 4.71. The van der Waals surface area contributed by atoms with Gasteiger partial charge in [0.05, 0.1) is 5.88 Å². The first-order chi connectivity index (χ1) is 9.44. The first kappa shape index (κ1) is 15.3. The molecule has 110 valence electrons. The molecule has 1 atom stereocenters. The smallest absolute Gasteiger partial charge is 0.142 e. The van der Waals surface area contributed by atoms with Crippen LogP contribution in [0.1, 0.15) is 31.4 Å². The molecule has 1 N–H and O–H groups in total. The molecule has 1 unspecified atom stereocenters. The van der Waals surface area contributed by atoms with Crippen molar-refractivity contribution in [2.75, 3.05) is 12.5 Å². The minimum Gasteiger partial charge on any atom is -0.491 e. The summed E-state index contributed by atoms with van der Waals surface area (Å²) in [7, 11) is 0. The van der Waals surface area contributed by atoms with Crippen molar-refractivity contribution in [3.05, 3.63) is 29.3 Å². The van der Waals surface area contributed by atoms with E-state index in [1.807, 2.05) is 32.0 Å². The summed E-state index contributed by atoms with van der Waals surface area (Å²) >= 11 is 5.57. The van der Waals surface area contributed by atoms with Gasteiger partial charge in [0.15, 0.2) is 0 Å². The molecular formula is C16H21ClO3. The number of rotatable bonds is 4. The van der Waals surface area contributed by atoms with Crippen LogP contribution < -0.4 is 4.74 Å². The van der Waals surface area contributed by atoms with E-state index in [0.717, 1.165) is 29.7 Å². The maximum absolute atomic E-state index is 12.2. The molecule has 0 heterocycles. The van der Waals surface area contributed by atoms with Crippen molar-refractivity contribution in [2.24, 2.45) is 5.41 Å². The van der Waals surface area contributed by atoms with Crippen molar-refractivity contribution < 1.29 is 14.6 Å². The van der Waals surface area contributed by atoms with Crippen LogP contribution in [-0.4, -0.2) is 29.5 Å². The van der Waals surface area contributed by atoms with Gasteiger partial charge in [-0.15, -0.1) is 11.6 Å². The number of ether oxygens (including phenoxy) is 1. The van der Waals surface area contributed by atoms with Gasteiger partial charge < -0.3 is 9.84 Å². The molecule has 1 aliphatic carbocycles. The normalized spacial score (nSPS) is 19.1. The number of Topliss-reactive ketones (excluding diaryl/α,β-unsaturated/α-hetero) is 1. The maximum atomic E-state index is 12.2. The molecule has 1 aromatic rings. The van der Waals surface area contributed by atoms with Crippen molar-refractivity contribution in [3.8, 4) is 5.75 Å². The van der Waals surface area contributed by atoms with Crippen LogP contribution in [0.2, 0.25) is 0 Å². The Morgan fingerprint density at radius 2 is 2.20 bits per heavy atom. The van der Waals surface area contributed by atoms with E-state index >= 15 is 0 Å². The summed E-state index contributed by atoms with van der Waals surface area (Å²) in [4.78, 5) is 12.2. The fourth-order valence-corrected chi connectivity index (χ4v) is 2.50. The Labute approximate surface area is 124 Å². The van der Waals surface area contributed by atoms with Crippen molar-refractivity contribution in [1.29, 1.82) is 0 Å². The minimum atomic E-state index is -0.670. The summed E-state index contributed by atoms with van der Waals surface area (Å²) in [5.74, 6) is 1.19. The Morgan fingerprint density at radius 3 is 2.90 bits per heavy atom. The molecule has 0 saturated carbocycles. The first-order valence-corrected chi connectivity index (χ1v) is 7.48. The highest BCUT2D eigenvalue weighted by molar-refractivity contribution is 6.18. The predicted molar refractivity (Wildman–Crippen MR) is 79.5 cm³/mol. The number of carbonyl (C=O) groups is 1. The quantitative estimate of drug-likeness (QED) is 0.686.